The Labute approximate surface area is 129 Å². The Balaban J connectivity index is 1.85. The van der Waals surface area contributed by atoms with Crippen LogP contribution in [-0.4, -0.2) is 16.1 Å². The Kier molecular flexibility index (Phi) is 4.99. The molecule has 0 saturated heterocycles. The summed E-state index contributed by atoms with van der Waals surface area (Å²) in [7, 11) is 0. The predicted molar refractivity (Wildman–Crippen MR) is 87.7 cm³/mol. The van der Waals surface area contributed by atoms with E-state index in [2.05, 4.69) is 23.7 Å². The van der Waals surface area contributed by atoms with Crippen molar-refractivity contribution in [1.29, 1.82) is 0 Å². The predicted octanol–water partition coefficient (Wildman–Crippen LogP) is 4.33. The Hall–Kier alpha value is -0.830. The van der Waals surface area contributed by atoms with Crippen molar-refractivity contribution in [3.63, 3.8) is 0 Å². The molecular weight excluding hydrogens is 258 g/mol. The van der Waals surface area contributed by atoms with Gasteiger partial charge in [-0.25, -0.2) is 4.98 Å². The van der Waals surface area contributed by atoms with Crippen molar-refractivity contribution in [3.8, 4) is 0 Å². The number of aromatic nitrogens is 2. The van der Waals surface area contributed by atoms with Crippen molar-refractivity contribution in [3.05, 3.63) is 17.2 Å². The zero-order valence-corrected chi connectivity index (χ0v) is 13.8. The van der Waals surface area contributed by atoms with Crippen molar-refractivity contribution in [2.75, 3.05) is 6.54 Å². The third-order valence-electron chi connectivity index (χ3n) is 5.34. The van der Waals surface area contributed by atoms with Crippen LogP contribution in [0.3, 0.4) is 0 Å². The smallest absolute Gasteiger partial charge is 0.112 e. The summed E-state index contributed by atoms with van der Waals surface area (Å²) in [5.41, 5.74) is 2.88. The van der Waals surface area contributed by atoms with Gasteiger partial charge in [0, 0.05) is 37.2 Å². The van der Waals surface area contributed by atoms with Crippen LogP contribution in [0.1, 0.15) is 94.4 Å². The number of imidazole rings is 1. The van der Waals surface area contributed by atoms with Gasteiger partial charge in [0.15, 0.2) is 0 Å². The molecule has 0 spiro atoms. The molecular formula is C18H31N3. The fourth-order valence-corrected chi connectivity index (χ4v) is 4.14. The molecule has 1 atom stereocenters. The second-order valence-electron chi connectivity index (χ2n) is 6.99. The molecule has 1 saturated carbocycles. The molecule has 0 aromatic carbocycles. The average Bonchev–Trinajstić information content (AvgIpc) is 3.14. The van der Waals surface area contributed by atoms with Crippen molar-refractivity contribution < 1.29 is 0 Å². The summed E-state index contributed by atoms with van der Waals surface area (Å²) in [4.78, 5) is 5.08. The first-order valence-electron chi connectivity index (χ1n) is 9.11. The molecule has 2 aliphatic rings. The second kappa shape index (κ2) is 6.95. The Morgan fingerprint density at radius 1 is 1.29 bits per heavy atom. The third-order valence-corrected chi connectivity index (χ3v) is 5.34. The maximum absolute atomic E-state index is 5.08. The molecule has 1 aromatic heterocycles. The molecule has 0 bridgehead atoms. The molecule has 1 aliphatic carbocycles. The maximum atomic E-state index is 5.08. The van der Waals surface area contributed by atoms with Gasteiger partial charge in [-0.3, -0.25) is 0 Å². The van der Waals surface area contributed by atoms with E-state index in [9.17, 15) is 0 Å². The molecule has 21 heavy (non-hydrogen) atoms. The fraction of sp³-hybridized carbons (Fsp3) is 0.833. The van der Waals surface area contributed by atoms with E-state index in [0.29, 0.717) is 6.04 Å². The average molecular weight is 289 g/mol. The van der Waals surface area contributed by atoms with Gasteiger partial charge in [0.25, 0.3) is 0 Å². The number of fused-ring (bicyclic) bond motifs is 1. The molecule has 1 aromatic rings. The quantitative estimate of drug-likeness (QED) is 0.790. The SMILES string of the molecule is CCCCCC(C)n1c(C2CCCC2)nc2c1CCNC2. The zero-order chi connectivity index (χ0) is 14.7. The lowest BCUT2D eigenvalue weighted by Crippen LogP contribution is -2.26. The van der Waals surface area contributed by atoms with Crippen molar-refractivity contribution in [1.82, 2.24) is 14.9 Å². The van der Waals surface area contributed by atoms with Crippen molar-refractivity contribution >= 4 is 0 Å². The van der Waals surface area contributed by atoms with Gasteiger partial charge < -0.3 is 9.88 Å². The molecule has 1 N–H and O–H groups in total. The first-order chi connectivity index (χ1) is 10.3. The summed E-state index contributed by atoms with van der Waals surface area (Å²) < 4.78 is 2.65. The van der Waals surface area contributed by atoms with Gasteiger partial charge >= 0.3 is 0 Å². The van der Waals surface area contributed by atoms with Crippen molar-refractivity contribution in [2.24, 2.45) is 0 Å². The number of nitrogens with zero attached hydrogens (tertiary/aromatic N) is 2. The minimum absolute atomic E-state index is 0.626. The third kappa shape index (κ3) is 3.18. The van der Waals surface area contributed by atoms with E-state index in [4.69, 9.17) is 4.98 Å². The Morgan fingerprint density at radius 2 is 2.10 bits per heavy atom. The first-order valence-corrected chi connectivity index (χ1v) is 9.11. The standard InChI is InChI=1S/C18H31N3/c1-3-4-5-8-14(2)21-17-11-12-19-13-16(17)20-18(21)15-9-6-7-10-15/h14-15,19H,3-13H2,1-2H3. The number of rotatable bonds is 6. The van der Waals surface area contributed by atoms with Gasteiger partial charge in [-0.1, -0.05) is 39.0 Å². The lowest BCUT2D eigenvalue weighted by molar-refractivity contribution is 0.432. The van der Waals surface area contributed by atoms with Crippen LogP contribution in [-0.2, 0) is 13.0 Å². The summed E-state index contributed by atoms with van der Waals surface area (Å²) in [5.74, 6) is 2.15. The number of unbranched alkanes of at least 4 members (excludes halogenated alkanes) is 2. The van der Waals surface area contributed by atoms with E-state index in [-0.39, 0.29) is 0 Å². The van der Waals surface area contributed by atoms with Crippen LogP contribution in [0.2, 0.25) is 0 Å². The molecule has 3 nitrogen and oxygen atoms in total. The normalized spacial score (nSPS) is 20.7. The minimum atomic E-state index is 0.626. The zero-order valence-electron chi connectivity index (χ0n) is 13.8. The van der Waals surface area contributed by atoms with Gasteiger partial charge in [0.05, 0.1) is 5.69 Å². The highest BCUT2D eigenvalue weighted by Gasteiger charge is 2.28. The highest BCUT2D eigenvalue weighted by atomic mass is 15.1. The van der Waals surface area contributed by atoms with E-state index >= 15 is 0 Å². The molecule has 2 heterocycles. The van der Waals surface area contributed by atoms with E-state index in [0.717, 1.165) is 25.4 Å². The first kappa shape index (κ1) is 15.1. The maximum Gasteiger partial charge on any atom is 0.112 e. The Morgan fingerprint density at radius 3 is 2.86 bits per heavy atom. The number of nitrogens with one attached hydrogen (secondary N) is 1. The van der Waals surface area contributed by atoms with Crippen molar-refractivity contribution in [2.45, 2.75) is 90.1 Å². The summed E-state index contributed by atoms with van der Waals surface area (Å²) >= 11 is 0. The van der Waals surface area contributed by atoms with Crippen LogP contribution < -0.4 is 5.32 Å². The van der Waals surface area contributed by atoms with E-state index in [1.165, 1.54) is 62.9 Å². The molecule has 1 unspecified atom stereocenters. The van der Waals surface area contributed by atoms with E-state index < -0.39 is 0 Å². The van der Waals surface area contributed by atoms with E-state index in [1.54, 1.807) is 5.69 Å². The number of hydrogen-bond donors (Lipinski definition) is 1. The topological polar surface area (TPSA) is 29.9 Å². The molecule has 1 fully saturated rings. The summed E-state index contributed by atoms with van der Waals surface area (Å²) in [6, 6.07) is 0.626. The van der Waals surface area contributed by atoms with Crippen LogP contribution >= 0.6 is 0 Å². The molecule has 3 rings (SSSR count). The summed E-state index contributed by atoms with van der Waals surface area (Å²) in [5, 5.41) is 3.49. The van der Waals surface area contributed by atoms with Crippen LogP contribution in [0.5, 0.6) is 0 Å². The van der Waals surface area contributed by atoms with Crippen LogP contribution in [0.15, 0.2) is 0 Å². The highest BCUT2D eigenvalue weighted by Crippen LogP contribution is 2.37. The van der Waals surface area contributed by atoms with E-state index in [1.807, 2.05) is 0 Å². The van der Waals surface area contributed by atoms with Crippen LogP contribution in [0.4, 0.5) is 0 Å². The molecule has 3 heteroatoms. The molecule has 118 valence electrons. The second-order valence-corrected chi connectivity index (χ2v) is 6.99. The molecule has 0 amide bonds. The largest absolute Gasteiger partial charge is 0.329 e. The van der Waals surface area contributed by atoms with Gasteiger partial charge in [-0.15, -0.1) is 0 Å². The summed E-state index contributed by atoms with van der Waals surface area (Å²) in [6.07, 6.45) is 12.0. The van der Waals surface area contributed by atoms with Gasteiger partial charge in [-0.2, -0.15) is 0 Å². The van der Waals surface area contributed by atoms with Crippen LogP contribution in [0, 0.1) is 0 Å². The molecule has 0 radical (unpaired) electrons. The minimum Gasteiger partial charge on any atom is -0.329 e. The number of hydrogen-bond acceptors (Lipinski definition) is 2. The van der Waals surface area contributed by atoms with Gasteiger partial charge in [0.2, 0.25) is 0 Å². The fourth-order valence-electron chi connectivity index (χ4n) is 4.14. The molecule has 1 aliphatic heterocycles. The Bertz CT molecular complexity index is 457. The highest BCUT2D eigenvalue weighted by molar-refractivity contribution is 5.23. The van der Waals surface area contributed by atoms with Gasteiger partial charge in [0.1, 0.15) is 5.82 Å². The lowest BCUT2D eigenvalue weighted by Gasteiger charge is -2.23. The lowest BCUT2D eigenvalue weighted by atomic mass is 10.0. The van der Waals surface area contributed by atoms with Gasteiger partial charge in [-0.05, 0) is 26.2 Å². The van der Waals surface area contributed by atoms with Crippen LogP contribution in [0.25, 0.3) is 0 Å². The monoisotopic (exact) mass is 289 g/mol. The summed E-state index contributed by atoms with van der Waals surface area (Å²) in [6.45, 7) is 6.80.